The molecule has 0 aliphatic carbocycles. The maximum absolute atomic E-state index is 6.08. The van der Waals surface area contributed by atoms with Crippen molar-refractivity contribution in [1.82, 2.24) is 4.57 Å². The molecule has 0 saturated carbocycles. The van der Waals surface area contributed by atoms with Gasteiger partial charge in [0.25, 0.3) is 0 Å². The minimum absolute atomic E-state index is 0.999. The fraction of sp³-hybridized carbons (Fsp3) is 0.0476. The van der Waals surface area contributed by atoms with Gasteiger partial charge in [-0.2, -0.15) is 0 Å². The van der Waals surface area contributed by atoms with E-state index in [-0.39, 0.29) is 0 Å². The molecule has 0 unspecified atom stereocenters. The van der Waals surface area contributed by atoms with Crippen molar-refractivity contribution < 1.29 is 0 Å². The highest BCUT2D eigenvalue weighted by atomic mass is 15.0. The number of hydrogen-bond donors (Lipinski definition) is 1. The van der Waals surface area contributed by atoms with Gasteiger partial charge in [0, 0.05) is 27.7 Å². The lowest BCUT2D eigenvalue weighted by atomic mass is 9.97. The molecule has 1 heterocycles. The largest absolute Gasteiger partial charge is 0.404 e. The third kappa shape index (κ3) is 4.44. The quantitative estimate of drug-likeness (QED) is 0.199. The van der Waals surface area contributed by atoms with E-state index < -0.39 is 0 Å². The van der Waals surface area contributed by atoms with Crippen molar-refractivity contribution in [2.45, 2.75) is 13.8 Å². The smallest absolute Gasteiger partial charge is 0.0619 e. The molecule has 7 aromatic rings. The molecular formula is C42H34N2. The summed E-state index contributed by atoms with van der Waals surface area (Å²) in [5.41, 5.74) is 16.4. The number of allylic oxidation sites excluding steroid dienone is 6. The van der Waals surface area contributed by atoms with E-state index in [2.05, 4.69) is 139 Å². The van der Waals surface area contributed by atoms with Gasteiger partial charge in [0.2, 0.25) is 0 Å². The molecule has 0 radical (unpaired) electrons. The van der Waals surface area contributed by atoms with Gasteiger partial charge in [0.15, 0.2) is 0 Å². The van der Waals surface area contributed by atoms with Crippen LogP contribution in [0, 0.1) is 0 Å². The third-order valence-corrected chi connectivity index (χ3v) is 8.69. The van der Waals surface area contributed by atoms with Gasteiger partial charge >= 0.3 is 0 Å². The van der Waals surface area contributed by atoms with E-state index in [0.717, 1.165) is 22.2 Å². The number of benzene rings is 6. The first-order valence-electron chi connectivity index (χ1n) is 15.1. The lowest BCUT2D eigenvalue weighted by Gasteiger charge is -2.14. The molecule has 0 aliphatic rings. The predicted octanol–water partition coefficient (Wildman–Crippen LogP) is 11.2. The van der Waals surface area contributed by atoms with Crippen LogP contribution in [0.5, 0.6) is 0 Å². The third-order valence-electron chi connectivity index (χ3n) is 8.69. The van der Waals surface area contributed by atoms with Gasteiger partial charge in [-0.25, -0.2) is 0 Å². The Bertz CT molecular complexity index is 2300. The number of fused-ring (bicyclic) bond motifs is 6. The highest BCUT2D eigenvalue weighted by molar-refractivity contribution is 6.20. The van der Waals surface area contributed by atoms with Crippen LogP contribution in [0.15, 0.2) is 152 Å². The molecule has 2 nitrogen and oxygen atoms in total. The van der Waals surface area contributed by atoms with Crippen molar-refractivity contribution in [1.29, 1.82) is 0 Å². The van der Waals surface area contributed by atoms with Crippen LogP contribution >= 0.6 is 0 Å². The molecule has 0 atom stereocenters. The number of nitrogens with two attached hydrogens (primary N) is 1. The molecule has 6 aromatic carbocycles. The van der Waals surface area contributed by atoms with Gasteiger partial charge in [-0.15, -0.1) is 0 Å². The average molecular weight is 567 g/mol. The molecule has 2 heteroatoms. The van der Waals surface area contributed by atoms with Crippen molar-refractivity contribution in [2.75, 3.05) is 0 Å². The van der Waals surface area contributed by atoms with Gasteiger partial charge < -0.3 is 10.3 Å². The maximum Gasteiger partial charge on any atom is 0.0619 e. The van der Waals surface area contributed by atoms with E-state index in [9.17, 15) is 0 Å². The summed E-state index contributed by atoms with van der Waals surface area (Å²) in [6.45, 7) is 8.02. The van der Waals surface area contributed by atoms with Crippen molar-refractivity contribution in [2.24, 2.45) is 5.73 Å². The lowest BCUT2D eigenvalue weighted by Crippen LogP contribution is -1.97. The Labute approximate surface area is 258 Å². The fourth-order valence-electron chi connectivity index (χ4n) is 6.53. The fourth-order valence-corrected chi connectivity index (χ4v) is 6.53. The zero-order valence-electron chi connectivity index (χ0n) is 25.1. The Hall–Kier alpha value is -5.60. The van der Waals surface area contributed by atoms with Crippen LogP contribution in [0.2, 0.25) is 0 Å². The Kier molecular flexibility index (Phi) is 6.96. The number of hydrogen-bond acceptors (Lipinski definition) is 1. The summed E-state index contributed by atoms with van der Waals surface area (Å²) in [5.74, 6) is 0. The van der Waals surface area contributed by atoms with Gasteiger partial charge in [0.1, 0.15) is 0 Å². The maximum atomic E-state index is 6.08. The first-order valence-corrected chi connectivity index (χ1v) is 15.1. The summed E-state index contributed by atoms with van der Waals surface area (Å²) in [7, 11) is 0. The molecule has 0 aliphatic heterocycles. The monoisotopic (exact) mass is 566 g/mol. The minimum atomic E-state index is 0.999. The number of aromatic nitrogens is 1. The van der Waals surface area contributed by atoms with E-state index in [4.69, 9.17) is 5.73 Å². The highest BCUT2D eigenvalue weighted by Crippen LogP contribution is 2.40. The Balaban J connectivity index is 1.51. The highest BCUT2D eigenvalue weighted by Gasteiger charge is 2.18. The molecule has 44 heavy (non-hydrogen) atoms. The summed E-state index contributed by atoms with van der Waals surface area (Å²) in [6.07, 6.45) is 9.77. The number of rotatable bonds is 6. The normalized spacial score (nSPS) is 12.7. The minimum Gasteiger partial charge on any atom is -0.404 e. The van der Waals surface area contributed by atoms with Crippen LogP contribution in [-0.4, -0.2) is 4.57 Å². The number of nitrogens with zero attached hydrogens (tertiary/aromatic N) is 1. The molecule has 0 amide bonds. The molecule has 212 valence electrons. The van der Waals surface area contributed by atoms with Gasteiger partial charge in [0.05, 0.1) is 16.7 Å². The Morgan fingerprint density at radius 1 is 0.636 bits per heavy atom. The van der Waals surface area contributed by atoms with E-state index in [1.165, 1.54) is 60.2 Å². The summed E-state index contributed by atoms with van der Waals surface area (Å²) >= 11 is 0. The molecule has 1 aromatic heterocycles. The van der Waals surface area contributed by atoms with Crippen LogP contribution in [0.25, 0.3) is 71.3 Å². The second kappa shape index (κ2) is 11.2. The Morgan fingerprint density at radius 2 is 1.36 bits per heavy atom. The Morgan fingerprint density at radius 3 is 2.14 bits per heavy atom. The van der Waals surface area contributed by atoms with Crippen LogP contribution in [-0.2, 0) is 0 Å². The van der Waals surface area contributed by atoms with Gasteiger partial charge in [-0.05, 0) is 76.2 Å². The second-order valence-electron chi connectivity index (χ2n) is 11.1. The topological polar surface area (TPSA) is 30.9 Å². The molecule has 7 rings (SSSR count). The van der Waals surface area contributed by atoms with Gasteiger partial charge in [-0.1, -0.05) is 128 Å². The summed E-state index contributed by atoms with van der Waals surface area (Å²) < 4.78 is 2.45. The second-order valence-corrected chi connectivity index (χ2v) is 11.1. The van der Waals surface area contributed by atoms with Gasteiger partial charge in [-0.3, -0.25) is 0 Å². The molecular weight excluding hydrogens is 532 g/mol. The van der Waals surface area contributed by atoms with Crippen molar-refractivity contribution >= 4 is 54.5 Å². The molecule has 2 N–H and O–H groups in total. The first kappa shape index (κ1) is 27.2. The zero-order chi connectivity index (χ0) is 30.2. The molecule has 0 bridgehead atoms. The summed E-state index contributed by atoms with van der Waals surface area (Å²) in [5, 5.41) is 7.32. The van der Waals surface area contributed by atoms with Crippen molar-refractivity contribution in [3.63, 3.8) is 0 Å². The molecule has 0 spiro atoms. The van der Waals surface area contributed by atoms with Crippen LogP contribution in [0.1, 0.15) is 25.0 Å². The van der Waals surface area contributed by atoms with Crippen molar-refractivity contribution in [3.8, 4) is 16.8 Å². The average Bonchev–Trinajstić information content (AvgIpc) is 3.41. The zero-order valence-corrected chi connectivity index (χ0v) is 25.1. The van der Waals surface area contributed by atoms with Crippen molar-refractivity contribution in [3.05, 3.63) is 163 Å². The molecule has 0 fully saturated rings. The molecule has 0 saturated heterocycles. The van der Waals surface area contributed by atoms with Crippen LogP contribution in [0.4, 0.5) is 0 Å². The van der Waals surface area contributed by atoms with E-state index in [0.29, 0.717) is 0 Å². The van der Waals surface area contributed by atoms with Crippen LogP contribution < -0.4 is 5.73 Å². The van der Waals surface area contributed by atoms with E-state index in [1.807, 2.05) is 26.0 Å². The van der Waals surface area contributed by atoms with E-state index >= 15 is 0 Å². The van der Waals surface area contributed by atoms with Crippen LogP contribution in [0.3, 0.4) is 0 Å². The predicted molar refractivity (Wildman–Crippen MR) is 192 cm³/mol. The standard InChI is InChI=1S/C42H34N2/c1-4-10-35(27-43)33-20-23-38-39-24-21-34-25-32(30-17-15-29(16-18-30)28(5-2)6-3)19-22-37(34)42(39)44(41(38)26-33)40-14-9-12-31-11-7-8-13-36(31)40/h4-27H,2,43H2,1,3H3/b10-4-,28-6+,35-27+. The first-order chi connectivity index (χ1) is 21.6. The lowest BCUT2D eigenvalue weighted by molar-refractivity contribution is 1.20. The van der Waals surface area contributed by atoms with E-state index in [1.54, 1.807) is 6.20 Å². The SMILES string of the molecule is C=C/C(=C\C)c1ccc(-c2ccc3c(ccc4c5ccc(C(/C=C\C)=C/N)cc5n(-c5cccc6ccccc56)c34)c2)cc1. The summed E-state index contributed by atoms with van der Waals surface area (Å²) in [6, 6.07) is 42.0. The summed E-state index contributed by atoms with van der Waals surface area (Å²) in [4.78, 5) is 0.